The molecule has 0 aliphatic carbocycles. The Labute approximate surface area is 187 Å². The number of ether oxygens (including phenoxy) is 1. The van der Waals surface area contributed by atoms with Crippen molar-refractivity contribution < 1.29 is 14.3 Å². The number of unbranched alkanes of at least 4 members (excludes halogenated alkanes) is 1. The highest BCUT2D eigenvalue weighted by atomic mass is 16.5. The van der Waals surface area contributed by atoms with Crippen LogP contribution in [0.2, 0.25) is 0 Å². The number of carbonyl (C=O) groups excluding carboxylic acids is 2. The Morgan fingerprint density at radius 3 is 2.78 bits per heavy atom. The maximum atomic E-state index is 13.4. The molecule has 166 valence electrons. The average molecular weight is 432 g/mol. The maximum absolute atomic E-state index is 13.4. The first-order valence-electron chi connectivity index (χ1n) is 11.6. The summed E-state index contributed by atoms with van der Waals surface area (Å²) in [5.41, 5.74) is 4.85. The molecule has 2 aromatic carbocycles. The first-order valence-corrected chi connectivity index (χ1v) is 11.6. The number of fused-ring (bicyclic) bond motifs is 7. The summed E-state index contributed by atoms with van der Waals surface area (Å²) in [6.45, 7) is 4.08. The number of nitrogens with one attached hydrogen (secondary N) is 2. The van der Waals surface area contributed by atoms with E-state index in [0.29, 0.717) is 25.1 Å². The van der Waals surface area contributed by atoms with Crippen molar-refractivity contribution in [3.05, 3.63) is 70.9 Å². The van der Waals surface area contributed by atoms with Crippen molar-refractivity contribution in [1.82, 2.24) is 15.2 Å². The number of aromatic amines is 1. The third kappa shape index (κ3) is 3.48. The number of nitrogens with zero attached hydrogens (tertiary/aromatic N) is 1. The minimum Gasteiger partial charge on any atom is -0.381 e. The van der Waals surface area contributed by atoms with Gasteiger partial charge in [0.2, 0.25) is 5.91 Å². The highest BCUT2D eigenvalue weighted by Crippen LogP contribution is 2.46. The van der Waals surface area contributed by atoms with Gasteiger partial charge in [-0.2, -0.15) is 0 Å². The maximum Gasteiger partial charge on any atom is 0.255 e. The number of hydrogen-bond donors (Lipinski definition) is 2. The predicted molar refractivity (Wildman–Crippen MR) is 124 cm³/mol. The van der Waals surface area contributed by atoms with Crippen molar-refractivity contribution >= 4 is 22.7 Å². The SMILES string of the molecule is CCCCOCCCNC(=O)[C@@H]1Cc2c([nH]c3ccccc23)[C@@H]2c3ccccc3C(=O)N21. The molecule has 2 amide bonds. The Hall–Kier alpha value is -3.12. The number of benzene rings is 2. The lowest BCUT2D eigenvalue weighted by atomic mass is 9.90. The van der Waals surface area contributed by atoms with Gasteiger partial charge in [0.15, 0.2) is 0 Å². The minimum atomic E-state index is -0.535. The van der Waals surface area contributed by atoms with Crippen LogP contribution in [0, 0.1) is 0 Å². The van der Waals surface area contributed by atoms with Crippen LogP contribution < -0.4 is 5.32 Å². The van der Waals surface area contributed by atoms with Crippen molar-refractivity contribution in [3.8, 4) is 0 Å². The minimum absolute atomic E-state index is 0.0713. The van der Waals surface area contributed by atoms with E-state index in [1.807, 2.05) is 42.5 Å². The fourth-order valence-corrected chi connectivity index (χ4v) is 4.99. The molecule has 32 heavy (non-hydrogen) atoms. The number of carbonyl (C=O) groups is 2. The molecule has 3 heterocycles. The van der Waals surface area contributed by atoms with Crippen LogP contribution in [0.15, 0.2) is 48.5 Å². The van der Waals surface area contributed by atoms with Crippen molar-refractivity contribution in [2.45, 2.75) is 44.7 Å². The van der Waals surface area contributed by atoms with Gasteiger partial charge in [-0.05, 0) is 36.1 Å². The number of rotatable bonds is 8. The van der Waals surface area contributed by atoms with Crippen LogP contribution in [-0.2, 0) is 16.0 Å². The molecule has 0 bridgehead atoms. The van der Waals surface area contributed by atoms with Gasteiger partial charge in [-0.3, -0.25) is 9.59 Å². The lowest BCUT2D eigenvalue weighted by molar-refractivity contribution is -0.126. The van der Waals surface area contributed by atoms with E-state index in [1.165, 1.54) is 0 Å². The van der Waals surface area contributed by atoms with Crippen LogP contribution in [0.4, 0.5) is 0 Å². The quantitative estimate of drug-likeness (QED) is 0.530. The second kappa shape index (κ2) is 8.79. The van der Waals surface area contributed by atoms with Crippen molar-refractivity contribution in [3.63, 3.8) is 0 Å². The molecule has 0 unspecified atom stereocenters. The fraction of sp³-hybridized carbons (Fsp3) is 0.385. The Morgan fingerprint density at radius 2 is 1.91 bits per heavy atom. The van der Waals surface area contributed by atoms with Gasteiger partial charge in [-0.15, -0.1) is 0 Å². The molecule has 2 N–H and O–H groups in total. The zero-order valence-corrected chi connectivity index (χ0v) is 18.4. The molecule has 2 aliphatic rings. The lowest BCUT2D eigenvalue weighted by Gasteiger charge is -2.37. The van der Waals surface area contributed by atoms with E-state index in [9.17, 15) is 9.59 Å². The summed E-state index contributed by atoms with van der Waals surface area (Å²) in [6, 6.07) is 15.1. The first kappa shape index (κ1) is 20.8. The molecule has 1 aromatic heterocycles. The molecule has 0 radical (unpaired) electrons. The standard InChI is InChI=1S/C26H29N3O3/c1-2-3-14-32-15-8-13-27-25(30)22-16-20-17-9-6-7-12-21(17)28-23(20)24-18-10-4-5-11-19(18)26(31)29(22)24/h4-7,9-12,22,24,28H,2-3,8,13-16H2,1H3,(H,27,30)/t22-,24-/m0/s1. The summed E-state index contributed by atoms with van der Waals surface area (Å²) in [7, 11) is 0. The van der Waals surface area contributed by atoms with Crippen LogP contribution in [-0.4, -0.2) is 47.5 Å². The molecule has 6 nitrogen and oxygen atoms in total. The van der Waals surface area contributed by atoms with Crippen LogP contribution >= 0.6 is 0 Å². The Morgan fingerprint density at radius 1 is 1.12 bits per heavy atom. The third-order valence-electron chi connectivity index (χ3n) is 6.56. The second-order valence-electron chi connectivity index (χ2n) is 8.60. The molecule has 0 saturated carbocycles. The van der Waals surface area contributed by atoms with E-state index < -0.39 is 6.04 Å². The van der Waals surface area contributed by atoms with E-state index in [4.69, 9.17) is 4.74 Å². The molecule has 0 fully saturated rings. The van der Waals surface area contributed by atoms with Gasteiger partial charge in [0.1, 0.15) is 6.04 Å². The number of para-hydroxylation sites is 1. The van der Waals surface area contributed by atoms with E-state index in [-0.39, 0.29) is 17.9 Å². The molecule has 3 aromatic rings. The highest BCUT2D eigenvalue weighted by molar-refractivity contribution is 6.03. The van der Waals surface area contributed by atoms with E-state index in [0.717, 1.165) is 53.6 Å². The largest absolute Gasteiger partial charge is 0.381 e. The van der Waals surface area contributed by atoms with Crippen LogP contribution in [0.5, 0.6) is 0 Å². The van der Waals surface area contributed by atoms with Gasteiger partial charge in [0, 0.05) is 48.3 Å². The highest BCUT2D eigenvalue weighted by Gasteiger charge is 2.48. The topological polar surface area (TPSA) is 74.4 Å². The van der Waals surface area contributed by atoms with Gasteiger partial charge < -0.3 is 19.9 Å². The van der Waals surface area contributed by atoms with Crippen molar-refractivity contribution in [2.75, 3.05) is 19.8 Å². The Kier molecular flexibility index (Phi) is 5.70. The predicted octanol–water partition coefficient (Wildman–Crippen LogP) is 3.96. The van der Waals surface area contributed by atoms with Gasteiger partial charge in [0.05, 0.1) is 6.04 Å². The molecule has 2 aliphatic heterocycles. The third-order valence-corrected chi connectivity index (χ3v) is 6.56. The Bertz CT molecular complexity index is 1150. The number of amides is 2. The van der Waals surface area contributed by atoms with Gasteiger partial charge in [0.25, 0.3) is 5.91 Å². The van der Waals surface area contributed by atoms with Crippen LogP contribution in [0.3, 0.4) is 0 Å². The molecule has 5 rings (SSSR count). The molecule has 2 atom stereocenters. The van der Waals surface area contributed by atoms with Crippen molar-refractivity contribution in [2.24, 2.45) is 0 Å². The summed E-state index contributed by atoms with van der Waals surface area (Å²) in [5, 5.41) is 4.18. The summed E-state index contributed by atoms with van der Waals surface area (Å²) in [4.78, 5) is 32.0. The molecule has 0 saturated heterocycles. The van der Waals surface area contributed by atoms with E-state index >= 15 is 0 Å². The zero-order valence-electron chi connectivity index (χ0n) is 18.4. The molecular weight excluding hydrogens is 402 g/mol. The van der Waals surface area contributed by atoms with E-state index in [1.54, 1.807) is 4.90 Å². The van der Waals surface area contributed by atoms with Crippen LogP contribution in [0.1, 0.15) is 59.4 Å². The number of hydrogen-bond acceptors (Lipinski definition) is 3. The number of aromatic nitrogens is 1. The van der Waals surface area contributed by atoms with Gasteiger partial charge in [-0.1, -0.05) is 49.7 Å². The molecule has 0 spiro atoms. The monoisotopic (exact) mass is 431 g/mol. The smallest absolute Gasteiger partial charge is 0.255 e. The first-order chi connectivity index (χ1) is 15.7. The summed E-state index contributed by atoms with van der Waals surface area (Å²) in [6.07, 6.45) is 3.44. The number of H-pyrrole nitrogens is 1. The fourth-order valence-electron chi connectivity index (χ4n) is 4.99. The van der Waals surface area contributed by atoms with Crippen molar-refractivity contribution in [1.29, 1.82) is 0 Å². The summed E-state index contributed by atoms with van der Waals surface area (Å²) >= 11 is 0. The molecule has 6 heteroatoms. The van der Waals surface area contributed by atoms with Crippen LogP contribution in [0.25, 0.3) is 10.9 Å². The molecular formula is C26H29N3O3. The average Bonchev–Trinajstić information content (AvgIpc) is 3.34. The van der Waals surface area contributed by atoms with Gasteiger partial charge >= 0.3 is 0 Å². The normalized spacial score (nSPS) is 19.0. The zero-order chi connectivity index (χ0) is 22.1. The summed E-state index contributed by atoms with van der Waals surface area (Å²) in [5.74, 6) is -0.168. The Balaban J connectivity index is 1.41. The second-order valence-corrected chi connectivity index (χ2v) is 8.60. The van der Waals surface area contributed by atoms with Gasteiger partial charge in [-0.25, -0.2) is 0 Å². The lowest BCUT2D eigenvalue weighted by Crippen LogP contribution is -2.52. The van der Waals surface area contributed by atoms with E-state index in [2.05, 4.69) is 23.3 Å². The summed E-state index contributed by atoms with van der Waals surface area (Å²) < 4.78 is 5.59.